The van der Waals surface area contributed by atoms with Crippen molar-refractivity contribution in [1.29, 1.82) is 0 Å². The van der Waals surface area contributed by atoms with Gasteiger partial charge < -0.3 is 10.1 Å². The number of aryl methyl sites for hydroxylation is 1. The molecule has 10 heteroatoms. The van der Waals surface area contributed by atoms with Crippen LogP contribution >= 0.6 is 0 Å². The van der Waals surface area contributed by atoms with Gasteiger partial charge in [0.25, 0.3) is 0 Å². The lowest BCUT2D eigenvalue weighted by Crippen LogP contribution is -2.28. The zero-order valence-electron chi connectivity index (χ0n) is 20.7. The highest BCUT2D eigenvalue weighted by molar-refractivity contribution is 6.12. The van der Waals surface area contributed by atoms with Crippen molar-refractivity contribution in [3.63, 3.8) is 0 Å². The van der Waals surface area contributed by atoms with E-state index in [-0.39, 0.29) is 22.5 Å². The van der Waals surface area contributed by atoms with Crippen LogP contribution in [0.5, 0.6) is 0 Å². The standard InChI is InChI=1S/C27H26F3N3O4/c1-16-12-21(33-25(36)37-26(2,3)4)22(14-19(16)27(28,29)30)32-24(35)15-23(34)18-9-7-8-17(13-18)20-10-5-6-11-31-20/h5-14H,15H2,1-4H3,(H,32,35)(H,33,36). The van der Waals surface area contributed by atoms with Crippen molar-refractivity contribution in [3.05, 3.63) is 77.5 Å². The van der Waals surface area contributed by atoms with Crippen LogP contribution in [0.1, 0.15) is 48.7 Å². The topological polar surface area (TPSA) is 97.4 Å². The Morgan fingerprint density at radius 2 is 1.62 bits per heavy atom. The Labute approximate surface area is 212 Å². The molecule has 2 N–H and O–H groups in total. The molecule has 0 aliphatic heterocycles. The molecule has 3 aromatic rings. The molecular formula is C27H26F3N3O4. The maximum atomic E-state index is 13.5. The second kappa shape index (κ2) is 10.8. The number of hydrogen-bond donors (Lipinski definition) is 2. The van der Waals surface area contributed by atoms with Crippen LogP contribution in [0.4, 0.5) is 29.3 Å². The number of pyridine rings is 1. The first-order valence-corrected chi connectivity index (χ1v) is 11.3. The first-order valence-electron chi connectivity index (χ1n) is 11.3. The van der Waals surface area contributed by atoms with E-state index < -0.39 is 41.5 Å². The number of aromatic nitrogens is 1. The van der Waals surface area contributed by atoms with Gasteiger partial charge >= 0.3 is 12.3 Å². The Kier molecular flexibility index (Phi) is 8.00. The molecule has 2 aromatic carbocycles. The molecule has 0 saturated heterocycles. The van der Waals surface area contributed by atoms with E-state index in [1.807, 2.05) is 0 Å². The molecule has 7 nitrogen and oxygen atoms in total. The number of nitrogens with zero attached hydrogens (tertiary/aromatic N) is 1. The molecule has 0 atom stereocenters. The molecule has 0 bridgehead atoms. The number of ketones is 1. The zero-order valence-corrected chi connectivity index (χ0v) is 20.7. The van der Waals surface area contributed by atoms with Crippen LogP contribution in [0.2, 0.25) is 0 Å². The van der Waals surface area contributed by atoms with E-state index in [1.54, 1.807) is 63.4 Å². The third-order valence-corrected chi connectivity index (χ3v) is 5.05. The SMILES string of the molecule is Cc1cc(NC(=O)OC(C)(C)C)c(NC(=O)CC(=O)c2cccc(-c3ccccn3)c2)cc1C(F)(F)F. The van der Waals surface area contributed by atoms with Gasteiger partial charge in [-0.15, -0.1) is 0 Å². The number of hydrogen-bond acceptors (Lipinski definition) is 5. The molecule has 1 heterocycles. The van der Waals surface area contributed by atoms with Crippen LogP contribution in [0, 0.1) is 6.92 Å². The van der Waals surface area contributed by atoms with Gasteiger partial charge in [-0.25, -0.2) is 4.79 Å². The summed E-state index contributed by atoms with van der Waals surface area (Å²) in [5, 5.41) is 4.69. The largest absolute Gasteiger partial charge is 0.444 e. The fraction of sp³-hybridized carbons (Fsp3) is 0.259. The Bertz CT molecular complexity index is 1320. The number of anilines is 2. The van der Waals surface area contributed by atoms with E-state index in [0.29, 0.717) is 17.3 Å². The molecular weight excluding hydrogens is 487 g/mol. The summed E-state index contributed by atoms with van der Waals surface area (Å²) in [5.41, 5.74) is -0.884. The van der Waals surface area contributed by atoms with Gasteiger partial charge in [0.15, 0.2) is 5.78 Å². The summed E-state index contributed by atoms with van der Waals surface area (Å²) in [6.07, 6.45) is -4.64. The average Bonchev–Trinajstić information content (AvgIpc) is 2.79. The number of alkyl halides is 3. The van der Waals surface area contributed by atoms with Crippen molar-refractivity contribution in [1.82, 2.24) is 4.98 Å². The van der Waals surface area contributed by atoms with Crippen molar-refractivity contribution in [2.24, 2.45) is 0 Å². The monoisotopic (exact) mass is 513 g/mol. The summed E-state index contributed by atoms with van der Waals surface area (Å²) < 4.78 is 45.7. The van der Waals surface area contributed by atoms with Crippen molar-refractivity contribution < 1.29 is 32.3 Å². The van der Waals surface area contributed by atoms with Gasteiger partial charge in [0, 0.05) is 17.3 Å². The molecule has 194 valence electrons. The van der Waals surface area contributed by atoms with Crippen LogP contribution in [0.25, 0.3) is 11.3 Å². The van der Waals surface area contributed by atoms with Crippen molar-refractivity contribution >= 4 is 29.2 Å². The number of benzene rings is 2. The normalized spacial score (nSPS) is 11.5. The Hall–Kier alpha value is -4.21. The Morgan fingerprint density at radius 1 is 0.919 bits per heavy atom. The van der Waals surface area contributed by atoms with E-state index in [2.05, 4.69) is 15.6 Å². The minimum absolute atomic E-state index is 0.0994. The van der Waals surface area contributed by atoms with E-state index >= 15 is 0 Å². The number of carbonyl (C=O) groups is 3. The van der Waals surface area contributed by atoms with E-state index in [9.17, 15) is 27.6 Å². The molecule has 37 heavy (non-hydrogen) atoms. The highest BCUT2D eigenvalue weighted by Crippen LogP contribution is 2.37. The summed E-state index contributed by atoms with van der Waals surface area (Å²) in [6, 6.07) is 13.6. The van der Waals surface area contributed by atoms with Crippen LogP contribution in [0.15, 0.2) is 60.8 Å². The van der Waals surface area contributed by atoms with Gasteiger partial charge in [-0.1, -0.05) is 24.3 Å². The average molecular weight is 514 g/mol. The van der Waals surface area contributed by atoms with Crippen molar-refractivity contribution in [3.8, 4) is 11.3 Å². The third-order valence-electron chi connectivity index (χ3n) is 5.05. The van der Waals surface area contributed by atoms with Crippen LogP contribution in [-0.2, 0) is 15.7 Å². The summed E-state index contributed by atoms with van der Waals surface area (Å²) in [4.78, 5) is 41.9. The number of amides is 2. The predicted molar refractivity (Wildman–Crippen MR) is 133 cm³/mol. The predicted octanol–water partition coefficient (Wildman–Crippen LogP) is 6.63. The molecule has 0 aliphatic carbocycles. The molecule has 0 unspecified atom stereocenters. The summed E-state index contributed by atoms with van der Waals surface area (Å²) in [6.45, 7) is 6.11. The first kappa shape index (κ1) is 27.4. The van der Waals surface area contributed by atoms with Crippen LogP contribution in [0.3, 0.4) is 0 Å². The summed E-state index contributed by atoms with van der Waals surface area (Å²) in [5.74, 6) is -1.39. The maximum Gasteiger partial charge on any atom is 0.416 e. The smallest absolute Gasteiger partial charge is 0.416 e. The fourth-order valence-electron chi connectivity index (χ4n) is 3.46. The Morgan fingerprint density at radius 3 is 2.24 bits per heavy atom. The van der Waals surface area contributed by atoms with Crippen LogP contribution < -0.4 is 10.6 Å². The van der Waals surface area contributed by atoms with Crippen LogP contribution in [-0.4, -0.2) is 28.4 Å². The number of ether oxygens (including phenoxy) is 1. The lowest BCUT2D eigenvalue weighted by molar-refractivity contribution is -0.138. The number of halogens is 3. The zero-order chi connectivity index (χ0) is 27.4. The number of Topliss-reactive ketones (excluding diaryl/α,β-unsaturated/α-hetero) is 1. The first-order chi connectivity index (χ1) is 17.2. The Balaban J connectivity index is 1.83. The fourth-order valence-corrected chi connectivity index (χ4v) is 3.46. The van der Waals surface area contributed by atoms with Gasteiger partial charge in [-0.3, -0.25) is 19.9 Å². The molecule has 0 aliphatic rings. The quantitative estimate of drug-likeness (QED) is 0.285. The minimum atomic E-state index is -4.70. The number of nitrogens with one attached hydrogen (secondary N) is 2. The summed E-state index contributed by atoms with van der Waals surface area (Å²) in [7, 11) is 0. The van der Waals surface area contributed by atoms with E-state index in [4.69, 9.17) is 4.74 Å². The molecule has 3 rings (SSSR count). The second-order valence-electron chi connectivity index (χ2n) is 9.28. The molecule has 0 spiro atoms. The number of carbonyl (C=O) groups excluding carboxylic acids is 3. The lowest BCUT2D eigenvalue weighted by atomic mass is 10.0. The highest BCUT2D eigenvalue weighted by atomic mass is 19.4. The maximum absolute atomic E-state index is 13.5. The minimum Gasteiger partial charge on any atom is -0.444 e. The van der Waals surface area contributed by atoms with Gasteiger partial charge in [0.05, 0.1) is 29.1 Å². The molecule has 2 amide bonds. The van der Waals surface area contributed by atoms with E-state index in [0.717, 1.165) is 6.07 Å². The molecule has 0 fully saturated rings. The van der Waals surface area contributed by atoms with Gasteiger partial charge in [-0.2, -0.15) is 13.2 Å². The molecule has 0 radical (unpaired) electrons. The van der Waals surface area contributed by atoms with Gasteiger partial charge in [0.1, 0.15) is 5.60 Å². The highest BCUT2D eigenvalue weighted by Gasteiger charge is 2.34. The number of rotatable bonds is 6. The van der Waals surface area contributed by atoms with E-state index in [1.165, 1.54) is 13.0 Å². The molecule has 0 saturated carbocycles. The second-order valence-corrected chi connectivity index (χ2v) is 9.28. The third kappa shape index (κ3) is 7.63. The van der Waals surface area contributed by atoms with Gasteiger partial charge in [0.2, 0.25) is 5.91 Å². The van der Waals surface area contributed by atoms with Gasteiger partial charge in [-0.05, 0) is 63.6 Å². The summed E-state index contributed by atoms with van der Waals surface area (Å²) >= 11 is 0. The van der Waals surface area contributed by atoms with Crippen molar-refractivity contribution in [2.75, 3.05) is 10.6 Å². The lowest BCUT2D eigenvalue weighted by Gasteiger charge is -2.21. The molecule has 1 aromatic heterocycles. The van der Waals surface area contributed by atoms with Crippen molar-refractivity contribution in [2.45, 2.75) is 45.9 Å².